The van der Waals surface area contributed by atoms with Crippen LogP contribution in [0, 0.1) is 0 Å². The molecule has 0 heterocycles. The van der Waals surface area contributed by atoms with Crippen LogP contribution in [0.5, 0.6) is 0 Å². The molecule has 0 aliphatic carbocycles. The molecule has 0 saturated carbocycles. The van der Waals surface area contributed by atoms with Gasteiger partial charge in [-0.1, -0.05) is 0 Å². The van der Waals surface area contributed by atoms with Crippen LogP contribution in [-0.2, 0) is 4.79 Å². The van der Waals surface area contributed by atoms with Gasteiger partial charge in [-0.05, 0) is 20.3 Å². The van der Waals surface area contributed by atoms with Gasteiger partial charge in [0.2, 0.25) is 0 Å². The minimum absolute atomic E-state index is 0.0348. The van der Waals surface area contributed by atoms with Crippen LogP contribution < -0.4 is 5.32 Å². The van der Waals surface area contributed by atoms with E-state index in [0.29, 0.717) is 6.42 Å². The lowest BCUT2D eigenvalue weighted by atomic mass is 10.1. The van der Waals surface area contributed by atoms with Crippen molar-refractivity contribution in [1.29, 1.82) is 0 Å². The first-order chi connectivity index (χ1) is 6.70. The number of nitrogens with one attached hydrogen (secondary N) is 1. The van der Waals surface area contributed by atoms with Crippen molar-refractivity contribution in [3.63, 3.8) is 0 Å². The summed E-state index contributed by atoms with van der Waals surface area (Å²) < 4.78 is 35.8. The first kappa shape index (κ1) is 14.2. The van der Waals surface area contributed by atoms with Crippen molar-refractivity contribution in [2.75, 3.05) is 0 Å². The molecule has 0 saturated heterocycles. The monoisotopic (exact) mass is 227 g/mol. The van der Waals surface area contributed by atoms with E-state index in [-0.39, 0.29) is 12.5 Å². The SMILES string of the molecule is CC(CCC(=O)O)NC(C)CC(F)(F)F. The van der Waals surface area contributed by atoms with Crippen LogP contribution in [-0.4, -0.2) is 29.3 Å². The largest absolute Gasteiger partial charge is 0.481 e. The fraction of sp³-hybridized carbons (Fsp3) is 0.889. The summed E-state index contributed by atoms with van der Waals surface area (Å²) in [4.78, 5) is 10.2. The maximum Gasteiger partial charge on any atom is 0.390 e. The Balaban J connectivity index is 3.76. The van der Waals surface area contributed by atoms with E-state index in [1.54, 1.807) is 6.92 Å². The zero-order valence-corrected chi connectivity index (χ0v) is 8.77. The fourth-order valence-electron chi connectivity index (χ4n) is 1.32. The van der Waals surface area contributed by atoms with Gasteiger partial charge in [-0.3, -0.25) is 4.79 Å². The molecule has 15 heavy (non-hydrogen) atoms. The number of aliphatic carboxylic acids is 1. The highest BCUT2D eigenvalue weighted by molar-refractivity contribution is 5.66. The molecular weight excluding hydrogens is 211 g/mol. The van der Waals surface area contributed by atoms with Gasteiger partial charge in [-0.15, -0.1) is 0 Å². The standard InChI is InChI=1S/C9H16F3NO2/c1-6(3-4-8(14)15)13-7(2)5-9(10,11)12/h6-7,13H,3-5H2,1-2H3,(H,14,15). The van der Waals surface area contributed by atoms with Crippen molar-refractivity contribution in [3.05, 3.63) is 0 Å². The quantitative estimate of drug-likeness (QED) is 0.731. The van der Waals surface area contributed by atoms with Gasteiger partial charge in [-0.25, -0.2) is 0 Å². The normalized spacial score (nSPS) is 16.1. The highest BCUT2D eigenvalue weighted by Gasteiger charge is 2.30. The molecule has 0 spiro atoms. The lowest BCUT2D eigenvalue weighted by Crippen LogP contribution is -2.37. The highest BCUT2D eigenvalue weighted by Crippen LogP contribution is 2.21. The van der Waals surface area contributed by atoms with Crippen LogP contribution in [0.4, 0.5) is 13.2 Å². The number of alkyl halides is 3. The van der Waals surface area contributed by atoms with E-state index in [1.165, 1.54) is 6.92 Å². The Hall–Kier alpha value is -0.780. The van der Waals surface area contributed by atoms with Crippen molar-refractivity contribution >= 4 is 5.97 Å². The molecule has 2 unspecified atom stereocenters. The molecule has 0 aliphatic heterocycles. The van der Waals surface area contributed by atoms with Crippen LogP contribution in [0.25, 0.3) is 0 Å². The number of carboxylic acid groups (broad SMARTS) is 1. The molecule has 0 aliphatic rings. The molecule has 90 valence electrons. The summed E-state index contributed by atoms with van der Waals surface area (Å²) in [6.07, 6.45) is -4.78. The summed E-state index contributed by atoms with van der Waals surface area (Å²) in [5, 5.41) is 11.1. The molecule has 2 N–H and O–H groups in total. The fourth-order valence-corrected chi connectivity index (χ4v) is 1.32. The number of rotatable bonds is 6. The van der Waals surface area contributed by atoms with Gasteiger partial charge in [-0.2, -0.15) is 13.2 Å². The Morgan fingerprint density at radius 2 is 1.87 bits per heavy atom. The van der Waals surface area contributed by atoms with E-state index in [9.17, 15) is 18.0 Å². The zero-order chi connectivity index (χ0) is 12.1. The second kappa shape index (κ2) is 5.95. The predicted octanol–water partition coefficient (Wildman–Crippen LogP) is 2.17. The summed E-state index contributed by atoms with van der Waals surface area (Å²) in [6, 6.07) is -0.910. The first-order valence-electron chi connectivity index (χ1n) is 4.75. The van der Waals surface area contributed by atoms with Gasteiger partial charge in [0.25, 0.3) is 0 Å². The summed E-state index contributed by atoms with van der Waals surface area (Å²) in [5.41, 5.74) is 0. The van der Waals surface area contributed by atoms with Crippen LogP contribution in [0.15, 0.2) is 0 Å². The summed E-state index contributed by atoms with van der Waals surface area (Å²) in [6.45, 7) is 3.11. The van der Waals surface area contributed by atoms with Crippen LogP contribution in [0.2, 0.25) is 0 Å². The Morgan fingerprint density at radius 3 is 2.27 bits per heavy atom. The average molecular weight is 227 g/mol. The van der Waals surface area contributed by atoms with Gasteiger partial charge in [0, 0.05) is 18.5 Å². The smallest absolute Gasteiger partial charge is 0.390 e. The van der Waals surface area contributed by atoms with E-state index >= 15 is 0 Å². The third kappa shape index (κ3) is 9.52. The van der Waals surface area contributed by atoms with E-state index < -0.39 is 24.6 Å². The lowest BCUT2D eigenvalue weighted by Gasteiger charge is -2.20. The molecule has 0 aromatic rings. The van der Waals surface area contributed by atoms with Crippen LogP contribution in [0.3, 0.4) is 0 Å². The molecule has 0 radical (unpaired) electrons. The maximum absolute atomic E-state index is 11.9. The summed E-state index contributed by atoms with van der Waals surface area (Å²) in [7, 11) is 0. The molecule has 0 amide bonds. The van der Waals surface area contributed by atoms with Gasteiger partial charge in [0.15, 0.2) is 0 Å². The highest BCUT2D eigenvalue weighted by atomic mass is 19.4. The van der Waals surface area contributed by atoms with E-state index in [1.807, 2.05) is 0 Å². The predicted molar refractivity (Wildman–Crippen MR) is 49.6 cm³/mol. The molecule has 0 aromatic heterocycles. The third-order valence-electron chi connectivity index (χ3n) is 1.90. The van der Waals surface area contributed by atoms with Crippen LogP contribution in [0.1, 0.15) is 33.1 Å². The van der Waals surface area contributed by atoms with Crippen molar-refractivity contribution < 1.29 is 23.1 Å². The number of hydrogen-bond acceptors (Lipinski definition) is 2. The third-order valence-corrected chi connectivity index (χ3v) is 1.90. The van der Waals surface area contributed by atoms with E-state index in [2.05, 4.69) is 5.32 Å². The van der Waals surface area contributed by atoms with Crippen LogP contribution >= 0.6 is 0 Å². The zero-order valence-electron chi connectivity index (χ0n) is 8.77. The molecule has 6 heteroatoms. The Kier molecular flexibility index (Phi) is 5.64. The number of halogens is 3. The van der Waals surface area contributed by atoms with Gasteiger partial charge >= 0.3 is 12.1 Å². The topological polar surface area (TPSA) is 49.3 Å². The van der Waals surface area contributed by atoms with Crippen molar-refractivity contribution in [1.82, 2.24) is 5.32 Å². The molecule has 0 fully saturated rings. The Morgan fingerprint density at radius 1 is 1.33 bits per heavy atom. The molecular formula is C9H16F3NO2. The summed E-state index contributed by atoms with van der Waals surface area (Å²) >= 11 is 0. The van der Waals surface area contributed by atoms with Crippen molar-refractivity contribution in [2.24, 2.45) is 0 Å². The molecule has 0 rings (SSSR count). The average Bonchev–Trinajstić information content (AvgIpc) is 1.96. The molecule has 0 aromatic carbocycles. The number of hydrogen-bond donors (Lipinski definition) is 2. The minimum Gasteiger partial charge on any atom is -0.481 e. The Bertz CT molecular complexity index is 206. The van der Waals surface area contributed by atoms with E-state index in [4.69, 9.17) is 5.11 Å². The molecule has 0 bridgehead atoms. The van der Waals surface area contributed by atoms with E-state index in [0.717, 1.165) is 0 Å². The maximum atomic E-state index is 11.9. The second-order valence-electron chi connectivity index (χ2n) is 3.72. The number of carbonyl (C=O) groups is 1. The van der Waals surface area contributed by atoms with Gasteiger partial charge < -0.3 is 10.4 Å². The summed E-state index contributed by atoms with van der Waals surface area (Å²) in [5.74, 6) is -0.938. The minimum atomic E-state index is -4.18. The van der Waals surface area contributed by atoms with Crippen molar-refractivity contribution in [3.8, 4) is 0 Å². The molecule has 3 nitrogen and oxygen atoms in total. The Labute approximate surface area is 86.7 Å². The second-order valence-corrected chi connectivity index (χ2v) is 3.72. The van der Waals surface area contributed by atoms with Gasteiger partial charge in [0.05, 0.1) is 6.42 Å². The van der Waals surface area contributed by atoms with Crippen molar-refractivity contribution in [2.45, 2.75) is 51.4 Å². The number of carboxylic acids is 1. The first-order valence-corrected chi connectivity index (χ1v) is 4.75. The van der Waals surface area contributed by atoms with Gasteiger partial charge in [0.1, 0.15) is 0 Å². The molecule has 2 atom stereocenters. The lowest BCUT2D eigenvalue weighted by molar-refractivity contribution is -0.140.